The van der Waals surface area contributed by atoms with E-state index in [2.05, 4.69) is 31.0 Å². The van der Waals surface area contributed by atoms with Gasteiger partial charge in [0.05, 0.1) is 6.07 Å². The van der Waals surface area contributed by atoms with E-state index in [1.165, 1.54) is 5.56 Å². The predicted octanol–water partition coefficient (Wildman–Crippen LogP) is 3.04. The number of nitriles is 1. The molecule has 0 amide bonds. The van der Waals surface area contributed by atoms with Crippen molar-refractivity contribution in [3.8, 4) is 6.07 Å². The Morgan fingerprint density at radius 3 is 2.57 bits per heavy atom. The zero-order chi connectivity index (χ0) is 10.6. The lowest BCUT2D eigenvalue weighted by Crippen LogP contribution is -2.06. The van der Waals surface area contributed by atoms with E-state index in [1.807, 2.05) is 19.2 Å². The predicted molar refractivity (Wildman–Crippen MR) is 56.8 cm³/mol. The van der Waals surface area contributed by atoms with Gasteiger partial charge in [0.2, 0.25) is 0 Å². The summed E-state index contributed by atoms with van der Waals surface area (Å²) in [6.45, 7) is 6.25. The number of hydrogen-bond donors (Lipinski definition) is 0. The van der Waals surface area contributed by atoms with Crippen LogP contribution in [0.1, 0.15) is 37.4 Å². The van der Waals surface area contributed by atoms with Crippen molar-refractivity contribution >= 4 is 0 Å². The number of hydrogen-bond acceptors (Lipinski definition) is 2. The van der Waals surface area contributed by atoms with Crippen LogP contribution in [0.25, 0.3) is 0 Å². The number of nitrogens with zero attached hydrogens (tertiary/aromatic N) is 2. The third-order valence-corrected chi connectivity index (χ3v) is 2.48. The second-order valence-corrected chi connectivity index (χ2v) is 3.95. The van der Waals surface area contributed by atoms with Crippen LogP contribution in [-0.2, 0) is 0 Å². The van der Waals surface area contributed by atoms with Crippen LogP contribution in [0.5, 0.6) is 0 Å². The minimum atomic E-state index is 0.313. The summed E-state index contributed by atoms with van der Waals surface area (Å²) in [5.41, 5.74) is 2.19. The molecular formula is C12H16N2. The van der Waals surface area contributed by atoms with Crippen LogP contribution in [-0.4, -0.2) is 4.98 Å². The summed E-state index contributed by atoms with van der Waals surface area (Å²) in [4.78, 5) is 4.26. The maximum atomic E-state index is 8.73. The molecule has 14 heavy (non-hydrogen) atoms. The molecule has 0 N–H and O–H groups in total. The highest BCUT2D eigenvalue weighted by Crippen LogP contribution is 2.26. The molecule has 0 aliphatic rings. The van der Waals surface area contributed by atoms with Gasteiger partial charge in [-0.3, -0.25) is 4.98 Å². The summed E-state index contributed by atoms with van der Waals surface area (Å²) in [7, 11) is 0. The fraction of sp³-hybridized carbons (Fsp3) is 0.500. The highest BCUT2D eigenvalue weighted by Gasteiger charge is 2.15. The van der Waals surface area contributed by atoms with Crippen molar-refractivity contribution < 1.29 is 0 Å². The molecule has 0 saturated carbocycles. The van der Waals surface area contributed by atoms with E-state index in [0.717, 1.165) is 5.69 Å². The van der Waals surface area contributed by atoms with E-state index < -0.39 is 0 Å². The van der Waals surface area contributed by atoms with Gasteiger partial charge in [-0.05, 0) is 24.5 Å². The van der Waals surface area contributed by atoms with Crippen LogP contribution in [0.4, 0.5) is 0 Å². The molecule has 0 fully saturated rings. The second-order valence-electron chi connectivity index (χ2n) is 3.95. The molecule has 1 aromatic rings. The highest BCUT2D eigenvalue weighted by molar-refractivity contribution is 5.19. The summed E-state index contributed by atoms with van der Waals surface area (Å²) in [6.07, 6.45) is 2.46. The van der Waals surface area contributed by atoms with Crippen LogP contribution < -0.4 is 0 Å². The van der Waals surface area contributed by atoms with E-state index in [4.69, 9.17) is 5.26 Å². The summed E-state index contributed by atoms with van der Waals surface area (Å²) in [6, 6.07) is 6.31. The summed E-state index contributed by atoms with van der Waals surface area (Å²) >= 11 is 0. The van der Waals surface area contributed by atoms with Gasteiger partial charge in [-0.2, -0.15) is 5.26 Å². The van der Waals surface area contributed by atoms with Crippen LogP contribution in [0.15, 0.2) is 18.3 Å². The first-order chi connectivity index (χ1) is 6.65. The molecule has 0 aliphatic carbocycles. The first-order valence-corrected chi connectivity index (χ1v) is 4.94. The molecule has 1 unspecified atom stereocenters. The Balaban J connectivity index is 2.89. The van der Waals surface area contributed by atoms with E-state index in [-0.39, 0.29) is 0 Å². The lowest BCUT2D eigenvalue weighted by Gasteiger charge is -2.17. The smallest absolute Gasteiger partial charge is 0.0628 e. The van der Waals surface area contributed by atoms with Gasteiger partial charge in [0.1, 0.15) is 0 Å². The second kappa shape index (κ2) is 4.76. The molecule has 0 bridgehead atoms. The van der Waals surface area contributed by atoms with Crippen molar-refractivity contribution in [1.82, 2.24) is 4.98 Å². The van der Waals surface area contributed by atoms with Gasteiger partial charge in [0.15, 0.2) is 0 Å². The van der Waals surface area contributed by atoms with E-state index in [1.54, 1.807) is 0 Å². The van der Waals surface area contributed by atoms with Gasteiger partial charge in [0, 0.05) is 24.2 Å². The molecule has 0 aliphatic heterocycles. The normalized spacial score (nSPS) is 12.5. The number of rotatable bonds is 3. The maximum Gasteiger partial charge on any atom is 0.0628 e. The minimum Gasteiger partial charge on any atom is -0.261 e. The third kappa shape index (κ3) is 2.56. The van der Waals surface area contributed by atoms with Crippen molar-refractivity contribution in [1.29, 1.82) is 5.26 Å². The first-order valence-electron chi connectivity index (χ1n) is 4.94. The monoisotopic (exact) mass is 188 g/mol. The quantitative estimate of drug-likeness (QED) is 0.731. The first kappa shape index (κ1) is 10.7. The molecule has 1 aromatic heterocycles. The van der Waals surface area contributed by atoms with Gasteiger partial charge in [-0.1, -0.05) is 19.9 Å². The molecule has 0 radical (unpaired) electrons. The van der Waals surface area contributed by atoms with Gasteiger partial charge in [-0.15, -0.1) is 0 Å². The standard InChI is InChI=1S/C12H16N2/c1-9(2)12(6-7-13)11-5-4-10(3)14-8-11/h4-5,8-9,12H,6H2,1-3H3. The Bertz CT molecular complexity index is 319. The number of aryl methyl sites for hydroxylation is 1. The Morgan fingerprint density at radius 2 is 2.14 bits per heavy atom. The lowest BCUT2D eigenvalue weighted by molar-refractivity contribution is 0.504. The van der Waals surface area contributed by atoms with E-state index in [9.17, 15) is 0 Å². The zero-order valence-electron chi connectivity index (χ0n) is 8.99. The molecule has 74 valence electrons. The Morgan fingerprint density at radius 1 is 1.43 bits per heavy atom. The summed E-state index contributed by atoms with van der Waals surface area (Å²) < 4.78 is 0. The van der Waals surface area contributed by atoms with Crippen molar-refractivity contribution in [2.75, 3.05) is 0 Å². The SMILES string of the molecule is Cc1ccc(C(CC#N)C(C)C)cn1. The Kier molecular flexibility index (Phi) is 3.64. The van der Waals surface area contributed by atoms with E-state index >= 15 is 0 Å². The summed E-state index contributed by atoms with van der Waals surface area (Å²) in [5.74, 6) is 0.798. The molecule has 1 heterocycles. The fourth-order valence-electron chi connectivity index (χ4n) is 1.54. The highest BCUT2D eigenvalue weighted by atomic mass is 14.7. The van der Waals surface area contributed by atoms with Crippen molar-refractivity contribution in [2.24, 2.45) is 5.92 Å². The maximum absolute atomic E-state index is 8.73. The van der Waals surface area contributed by atoms with Crippen LogP contribution in [0.2, 0.25) is 0 Å². The molecule has 0 aromatic carbocycles. The Hall–Kier alpha value is -1.36. The molecule has 0 spiro atoms. The van der Waals surface area contributed by atoms with Gasteiger partial charge in [-0.25, -0.2) is 0 Å². The average molecular weight is 188 g/mol. The third-order valence-electron chi connectivity index (χ3n) is 2.48. The van der Waals surface area contributed by atoms with Crippen LogP contribution >= 0.6 is 0 Å². The van der Waals surface area contributed by atoms with Crippen molar-refractivity contribution in [2.45, 2.75) is 33.1 Å². The van der Waals surface area contributed by atoms with Gasteiger partial charge in [0.25, 0.3) is 0 Å². The molecule has 1 atom stereocenters. The molecule has 2 heteroatoms. The Labute approximate surface area is 85.6 Å². The largest absolute Gasteiger partial charge is 0.261 e. The van der Waals surface area contributed by atoms with Gasteiger partial charge >= 0.3 is 0 Å². The minimum absolute atomic E-state index is 0.313. The van der Waals surface area contributed by atoms with Crippen molar-refractivity contribution in [3.05, 3.63) is 29.6 Å². The van der Waals surface area contributed by atoms with Gasteiger partial charge < -0.3 is 0 Å². The topological polar surface area (TPSA) is 36.7 Å². The molecule has 2 nitrogen and oxygen atoms in total. The van der Waals surface area contributed by atoms with E-state index in [0.29, 0.717) is 18.3 Å². The molecule has 0 saturated heterocycles. The van der Waals surface area contributed by atoms with Crippen LogP contribution in [0.3, 0.4) is 0 Å². The zero-order valence-corrected chi connectivity index (χ0v) is 8.99. The lowest BCUT2D eigenvalue weighted by atomic mass is 9.87. The molecule has 1 rings (SSSR count). The number of pyridine rings is 1. The molecular weight excluding hydrogens is 172 g/mol. The van der Waals surface area contributed by atoms with Crippen molar-refractivity contribution in [3.63, 3.8) is 0 Å². The van der Waals surface area contributed by atoms with Crippen LogP contribution in [0, 0.1) is 24.2 Å². The number of aromatic nitrogens is 1. The fourth-order valence-corrected chi connectivity index (χ4v) is 1.54. The summed E-state index contributed by atoms with van der Waals surface area (Å²) in [5, 5.41) is 8.73. The average Bonchev–Trinajstić information content (AvgIpc) is 2.15.